The topological polar surface area (TPSA) is 71.3 Å². The van der Waals surface area contributed by atoms with E-state index in [1.165, 1.54) is 27.5 Å². The first kappa shape index (κ1) is 16.6. The van der Waals surface area contributed by atoms with Crippen molar-refractivity contribution in [1.29, 1.82) is 0 Å². The van der Waals surface area contributed by atoms with Crippen LogP contribution >= 0.6 is 0 Å². The van der Waals surface area contributed by atoms with Gasteiger partial charge in [0.25, 0.3) is 0 Å². The van der Waals surface area contributed by atoms with Gasteiger partial charge in [-0.1, -0.05) is 0 Å². The molecular formula is C18H18N2O5. The van der Waals surface area contributed by atoms with Gasteiger partial charge >= 0.3 is 0 Å². The first-order valence-electron chi connectivity index (χ1n) is 7.48. The standard InChI is InChI=1S/C18H18N2O5/c1-22-12-5-6-20-13(10-19-16(20)9-12)17(21)11-7-14(23-2)18(25-4)15(8-11)24-3/h5-10H,1-4H3. The molecule has 3 rings (SSSR count). The first-order valence-corrected chi connectivity index (χ1v) is 7.48. The molecule has 0 radical (unpaired) electrons. The molecule has 0 amide bonds. The number of methoxy groups -OCH3 is 4. The summed E-state index contributed by atoms with van der Waals surface area (Å²) < 4.78 is 22.8. The maximum Gasteiger partial charge on any atom is 0.211 e. The Labute approximate surface area is 144 Å². The molecule has 7 heteroatoms. The van der Waals surface area contributed by atoms with Crippen LogP contribution in [0.5, 0.6) is 23.0 Å². The Morgan fingerprint density at radius 2 is 1.64 bits per heavy atom. The molecule has 0 atom stereocenters. The number of imidazole rings is 1. The molecule has 0 unspecified atom stereocenters. The minimum absolute atomic E-state index is 0.211. The highest BCUT2D eigenvalue weighted by Crippen LogP contribution is 2.38. The van der Waals surface area contributed by atoms with Gasteiger partial charge in [0.2, 0.25) is 11.5 Å². The zero-order chi connectivity index (χ0) is 18.0. The molecule has 7 nitrogen and oxygen atoms in total. The third-order valence-electron chi connectivity index (χ3n) is 3.88. The predicted octanol–water partition coefficient (Wildman–Crippen LogP) is 2.60. The molecule has 0 saturated heterocycles. The normalized spacial score (nSPS) is 10.6. The second kappa shape index (κ2) is 6.72. The minimum atomic E-state index is -0.211. The number of pyridine rings is 1. The maximum atomic E-state index is 13.0. The number of ether oxygens (including phenoxy) is 4. The quantitative estimate of drug-likeness (QED) is 0.641. The molecule has 0 saturated carbocycles. The third-order valence-corrected chi connectivity index (χ3v) is 3.88. The Balaban J connectivity index is 2.09. The fourth-order valence-electron chi connectivity index (χ4n) is 2.62. The van der Waals surface area contributed by atoms with E-state index in [9.17, 15) is 4.79 Å². The SMILES string of the molecule is COc1ccn2c(C(=O)c3cc(OC)c(OC)c(OC)c3)cnc2c1. The van der Waals surface area contributed by atoms with Gasteiger partial charge in [0, 0.05) is 17.8 Å². The number of hydrogen-bond donors (Lipinski definition) is 0. The zero-order valence-corrected chi connectivity index (χ0v) is 14.4. The van der Waals surface area contributed by atoms with E-state index in [1.807, 2.05) is 0 Å². The second-order valence-electron chi connectivity index (χ2n) is 5.18. The van der Waals surface area contributed by atoms with Gasteiger partial charge in [0.05, 0.1) is 34.6 Å². The number of ketones is 1. The largest absolute Gasteiger partial charge is 0.497 e. The van der Waals surface area contributed by atoms with Gasteiger partial charge in [-0.15, -0.1) is 0 Å². The molecule has 0 aliphatic rings. The van der Waals surface area contributed by atoms with Crippen LogP contribution < -0.4 is 18.9 Å². The number of fused-ring (bicyclic) bond motifs is 1. The van der Waals surface area contributed by atoms with Crippen LogP contribution in [0.1, 0.15) is 16.1 Å². The fraction of sp³-hybridized carbons (Fsp3) is 0.222. The molecule has 0 bridgehead atoms. The summed E-state index contributed by atoms with van der Waals surface area (Å²) in [5, 5.41) is 0. The molecule has 2 heterocycles. The van der Waals surface area contributed by atoms with Gasteiger partial charge in [0.1, 0.15) is 17.1 Å². The van der Waals surface area contributed by atoms with E-state index in [1.54, 1.807) is 42.0 Å². The van der Waals surface area contributed by atoms with Gasteiger partial charge < -0.3 is 18.9 Å². The van der Waals surface area contributed by atoms with E-state index in [-0.39, 0.29) is 5.78 Å². The Kier molecular flexibility index (Phi) is 4.47. The number of nitrogens with zero attached hydrogens (tertiary/aromatic N) is 2. The van der Waals surface area contributed by atoms with Crippen LogP contribution in [0.2, 0.25) is 0 Å². The van der Waals surface area contributed by atoms with Crippen molar-refractivity contribution in [2.45, 2.75) is 0 Å². The lowest BCUT2D eigenvalue weighted by atomic mass is 10.1. The molecule has 0 N–H and O–H groups in total. The lowest BCUT2D eigenvalue weighted by molar-refractivity contribution is 0.103. The van der Waals surface area contributed by atoms with Crippen molar-refractivity contribution >= 4 is 11.4 Å². The van der Waals surface area contributed by atoms with E-state index in [4.69, 9.17) is 18.9 Å². The zero-order valence-electron chi connectivity index (χ0n) is 14.4. The van der Waals surface area contributed by atoms with Crippen LogP contribution in [0.15, 0.2) is 36.7 Å². The summed E-state index contributed by atoms with van der Waals surface area (Å²) in [5.41, 5.74) is 1.45. The van der Waals surface area contributed by atoms with Gasteiger partial charge in [0.15, 0.2) is 11.5 Å². The lowest BCUT2D eigenvalue weighted by Gasteiger charge is -2.13. The third kappa shape index (κ3) is 2.84. The van der Waals surface area contributed by atoms with E-state index in [0.717, 1.165) is 0 Å². The van der Waals surface area contributed by atoms with Crippen molar-refractivity contribution in [1.82, 2.24) is 9.38 Å². The van der Waals surface area contributed by atoms with Crippen molar-refractivity contribution < 1.29 is 23.7 Å². The van der Waals surface area contributed by atoms with E-state index < -0.39 is 0 Å². The first-order chi connectivity index (χ1) is 12.1. The Morgan fingerprint density at radius 3 is 2.20 bits per heavy atom. The Bertz CT molecular complexity index is 907. The molecule has 2 aromatic heterocycles. The van der Waals surface area contributed by atoms with Crippen molar-refractivity contribution in [2.75, 3.05) is 28.4 Å². The van der Waals surface area contributed by atoms with E-state index in [0.29, 0.717) is 39.9 Å². The maximum absolute atomic E-state index is 13.0. The van der Waals surface area contributed by atoms with Gasteiger partial charge in [-0.3, -0.25) is 9.20 Å². The highest BCUT2D eigenvalue weighted by molar-refractivity contribution is 6.09. The number of hydrogen-bond acceptors (Lipinski definition) is 6. The van der Waals surface area contributed by atoms with Crippen LogP contribution in [-0.2, 0) is 0 Å². The number of rotatable bonds is 6. The fourth-order valence-corrected chi connectivity index (χ4v) is 2.62. The molecular weight excluding hydrogens is 324 g/mol. The molecule has 130 valence electrons. The molecule has 0 aliphatic heterocycles. The van der Waals surface area contributed by atoms with Gasteiger partial charge in [-0.05, 0) is 18.2 Å². The Hall–Kier alpha value is -3.22. The molecule has 1 aromatic carbocycles. The molecule has 3 aromatic rings. The van der Waals surface area contributed by atoms with Crippen LogP contribution in [0.25, 0.3) is 5.65 Å². The summed E-state index contributed by atoms with van der Waals surface area (Å²) in [7, 11) is 6.11. The molecule has 25 heavy (non-hydrogen) atoms. The number of carbonyl (C=O) groups excluding carboxylic acids is 1. The van der Waals surface area contributed by atoms with Gasteiger partial charge in [-0.25, -0.2) is 4.98 Å². The summed E-state index contributed by atoms with van der Waals surface area (Å²) in [6, 6.07) is 6.76. The summed E-state index contributed by atoms with van der Waals surface area (Å²) in [4.78, 5) is 17.2. The van der Waals surface area contributed by atoms with E-state index >= 15 is 0 Å². The van der Waals surface area contributed by atoms with Crippen LogP contribution in [0, 0.1) is 0 Å². The highest BCUT2D eigenvalue weighted by atomic mass is 16.5. The molecule has 0 spiro atoms. The monoisotopic (exact) mass is 342 g/mol. The second-order valence-corrected chi connectivity index (χ2v) is 5.18. The summed E-state index contributed by atoms with van der Waals surface area (Å²) in [6.45, 7) is 0. The summed E-state index contributed by atoms with van der Waals surface area (Å²) >= 11 is 0. The smallest absolute Gasteiger partial charge is 0.211 e. The molecule has 0 fully saturated rings. The molecule has 0 aliphatic carbocycles. The van der Waals surface area contributed by atoms with Gasteiger partial charge in [-0.2, -0.15) is 0 Å². The average Bonchev–Trinajstić information content (AvgIpc) is 3.08. The van der Waals surface area contributed by atoms with Crippen LogP contribution in [0.3, 0.4) is 0 Å². The lowest BCUT2D eigenvalue weighted by Crippen LogP contribution is -2.07. The highest BCUT2D eigenvalue weighted by Gasteiger charge is 2.20. The Morgan fingerprint density at radius 1 is 0.960 bits per heavy atom. The summed E-state index contributed by atoms with van der Waals surface area (Å²) in [5.74, 6) is 1.73. The van der Waals surface area contributed by atoms with Crippen molar-refractivity contribution in [3.63, 3.8) is 0 Å². The van der Waals surface area contributed by atoms with Crippen molar-refractivity contribution in [3.8, 4) is 23.0 Å². The number of carbonyl (C=O) groups is 1. The van der Waals surface area contributed by atoms with Crippen LogP contribution in [0.4, 0.5) is 0 Å². The minimum Gasteiger partial charge on any atom is -0.497 e. The van der Waals surface area contributed by atoms with Crippen molar-refractivity contribution in [3.05, 3.63) is 47.9 Å². The number of aromatic nitrogens is 2. The summed E-state index contributed by atoms with van der Waals surface area (Å²) in [6.07, 6.45) is 3.27. The predicted molar refractivity (Wildman–Crippen MR) is 91.3 cm³/mol. The average molecular weight is 342 g/mol. The van der Waals surface area contributed by atoms with E-state index in [2.05, 4.69) is 4.98 Å². The number of benzene rings is 1. The van der Waals surface area contributed by atoms with Crippen molar-refractivity contribution in [2.24, 2.45) is 0 Å². The van der Waals surface area contributed by atoms with Crippen LogP contribution in [-0.4, -0.2) is 43.6 Å².